The Morgan fingerprint density at radius 3 is 2.57 bits per heavy atom. The van der Waals surface area contributed by atoms with Crippen molar-refractivity contribution in [1.82, 2.24) is 4.98 Å². The van der Waals surface area contributed by atoms with Crippen LogP contribution in [0, 0.1) is 0 Å². The largest absolute Gasteiger partial charge is 0.494 e. The van der Waals surface area contributed by atoms with E-state index in [0.717, 1.165) is 6.42 Å². The molecule has 0 spiro atoms. The van der Waals surface area contributed by atoms with Gasteiger partial charge in [0.25, 0.3) is 10.0 Å². The van der Waals surface area contributed by atoms with E-state index < -0.39 is 10.0 Å². The van der Waals surface area contributed by atoms with Gasteiger partial charge in [0.05, 0.1) is 6.61 Å². The number of aromatic nitrogens is 1. The monoisotopic (exact) mass is 326 g/mol. The fourth-order valence-electron chi connectivity index (χ4n) is 1.62. The third-order valence-corrected chi connectivity index (χ3v) is 4.42. The smallest absolute Gasteiger partial charge is 0.264 e. The molecule has 0 aliphatic heterocycles. The maximum absolute atomic E-state index is 12.2. The topological polar surface area (TPSA) is 68.3 Å². The normalized spacial score (nSPS) is 11.1. The van der Waals surface area contributed by atoms with Gasteiger partial charge in [-0.2, -0.15) is 0 Å². The zero-order valence-electron chi connectivity index (χ0n) is 11.4. The summed E-state index contributed by atoms with van der Waals surface area (Å²) in [5.41, 5.74) is 0.429. The number of benzene rings is 1. The third-order valence-electron chi connectivity index (χ3n) is 2.59. The summed E-state index contributed by atoms with van der Waals surface area (Å²) < 4.78 is 32.3. The van der Waals surface area contributed by atoms with Crippen molar-refractivity contribution in [3.8, 4) is 5.75 Å². The summed E-state index contributed by atoms with van der Waals surface area (Å²) in [6, 6.07) is 9.59. The van der Waals surface area contributed by atoms with Crippen LogP contribution in [0.25, 0.3) is 0 Å². The molecule has 0 saturated heterocycles. The minimum Gasteiger partial charge on any atom is -0.494 e. The molecule has 7 heteroatoms. The van der Waals surface area contributed by atoms with Crippen molar-refractivity contribution < 1.29 is 13.2 Å². The van der Waals surface area contributed by atoms with E-state index in [-0.39, 0.29) is 10.0 Å². The van der Waals surface area contributed by atoms with E-state index in [1.165, 1.54) is 18.3 Å². The van der Waals surface area contributed by atoms with Gasteiger partial charge in [0, 0.05) is 11.9 Å². The van der Waals surface area contributed by atoms with Gasteiger partial charge in [0.2, 0.25) is 0 Å². The van der Waals surface area contributed by atoms with E-state index in [2.05, 4.69) is 9.71 Å². The molecule has 0 aliphatic rings. The van der Waals surface area contributed by atoms with Crippen LogP contribution in [0.1, 0.15) is 13.3 Å². The number of pyridine rings is 1. The molecule has 1 N–H and O–H groups in total. The molecule has 5 nitrogen and oxygen atoms in total. The average molecular weight is 327 g/mol. The van der Waals surface area contributed by atoms with Crippen molar-refractivity contribution >= 4 is 27.3 Å². The van der Waals surface area contributed by atoms with E-state index in [4.69, 9.17) is 16.3 Å². The molecule has 112 valence electrons. The number of nitrogens with one attached hydrogen (secondary N) is 1. The molecule has 21 heavy (non-hydrogen) atoms. The number of anilines is 1. The predicted octanol–water partition coefficient (Wildman–Crippen LogP) is 3.32. The molecular weight excluding hydrogens is 312 g/mol. The van der Waals surface area contributed by atoms with E-state index in [1.54, 1.807) is 24.3 Å². The Morgan fingerprint density at radius 1 is 1.24 bits per heavy atom. The van der Waals surface area contributed by atoms with Crippen LogP contribution >= 0.6 is 11.6 Å². The quantitative estimate of drug-likeness (QED) is 0.827. The maximum atomic E-state index is 12.2. The predicted molar refractivity (Wildman–Crippen MR) is 82.3 cm³/mol. The van der Waals surface area contributed by atoms with Crippen LogP contribution in [0.3, 0.4) is 0 Å². The van der Waals surface area contributed by atoms with Crippen LogP contribution in [0.15, 0.2) is 47.5 Å². The highest BCUT2D eigenvalue weighted by atomic mass is 35.5. The summed E-state index contributed by atoms with van der Waals surface area (Å²) >= 11 is 5.81. The van der Waals surface area contributed by atoms with Crippen LogP contribution in [0.4, 0.5) is 5.69 Å². The fourth-order valence-corrected chi connectivity index (χ4v) is 3.13. The summed E-state index contributed by atoms with van der Waals surface area (Å²) in [7, 11) is -3.76. The standard InChI is InChI=1S/C14H15ClN2O3S/c1-2-10-20-12-7-5-11(6-8-12)17-21(18,19)13-4-3-9-16-14(13)15/h3-9,17H,2,10H2,1H3. The van der Waals surface area contributed by atoms with Crippen LogP contribution < -0.4 is 9.46 Å². The molecule has 1 heterocycles. The van der Waals surface area contributed by atoms with Gasteiger partial charge in [-0.05, 0) is 42.8 Å². The Balaban J connectivity index is 2.16. The lowest BCUT2D eigenvalue weighted by Crippen LogP contribution is -2.13. The number of hydrogen-bond donors (Lipinski definition) is 1. The number of sulfonamides is 1. The highest BCUT2D eigenvalue weighted by molar-refractivity contribution is 7.92. The van der Waals surface area contributed by atoms with Gasteiger partial charge >= 0.3 is 0 Å². The SMILES string of the molecule is CCCOc1ccc(NS(=O)(=O)c2cccnc2Cl)cc1. The third kappa shape index (κ3) is 4.09. The van der Waals surface area contributed by atoms with Crippen LogP contribution in [-0.2, 0) is 10.0 Å². The first-order valence-corrected chi connectivity index (χ1v) is 8.25. The summed E-state index contributed by atoms with van der Waals surface area (Å²) in [4.78, 5) is 3.70. The molecule has 2 rings (SSSR count). The van der Waals surface area contributed by atoms with Crippen molar-refractivity contribution in [2.45, 2.75) is 18.2 Å². The van der Waals surface area contributed by atoms with Crippen molar-refractivity contribution in [3.05, 3.63) is 47.7 Å². The van der Waals surface area contributed by atoms with E-state index in [1.807, 2.05) is 6.92 Å². The summed E-state index contributed by atoms with van der Waals surface area (Å²) in [5, 5.41) is -0.0621. The fraction of sp³-hybridized carbons (Fsp3) is 0.214. The molecule has 0 atom stereocenters. The molecule has 2 aromatic rings. The average Bonchev–Trinajstić information content (AvgIpc) is 2.46. The molecular formula is C14H15ClN2O3S. The van der Waals surface area contributed by atoms with Gasteiger partial charge in [-0.3, -0.25) is 4.72 Å². The lowest BCUT2D eigenvalue weighted by Gasteiger charge is -2.10. The highest BCUT2D eigenvalue weighted by Crippen LogP contribution is 2.22. The number of nitrogens with zero attached hydrogens (tertiary/aromatic N) is 1. The second-order valence-corrected chi connectivity index (χ2v) is 6.28. The van der Waals surface area contributed by atoms with Gasteiger partial charge in [-0.25, -0.2) is 13.4 Å². The Labute approximate surface area is 129 Å². The molecule has 0 bridgehead atoms. The molecule has 0 radical (unpaired) electrons. The summed E-state index contributed by atoms with van der Waals surface area (Å²) in [5.74, 6) is 0.694. The zero-order chi connectivity index (χ0) is 15.3. The van der Waals surface area contributed by atoms with Gasteiger partial charge < -0.3 is 4.74 Å². The Kier molecular flexibility index (Phi) is 5.03. The molecule has 0 amide bonds. The lowest BCUT2D eigenvalue weighted by atomic mass is 10.3. The minimum absolute atomic E-state index is 0.0574. The van der Waals surface area contributed by atoms with Crippen molar-refractivity contribution in [1.29, 1.82) is 0 Å². The van der Waals surface area contributed by atoms with Gasteiger partial charge in [-0.15, -0.1) is 0 Å². The van der Waals surface area contributed by atoms with E-state index in [0.29, 0.717) is 18.0 Å². The Bertz CT molecular complexity index is 702. The first-order chi connectivity index (χ1) is 10.0. The van der Waals surface area contributed by atoms with Gasteiger partial charge in [0.15, 0.2) is 0 Å². The Morgan fingerprint density at radius 2 is 1.95 bits per heavy atom. The van der Waals surface area contributed by atoms with Crippen LogP contribution in [0.2, 0.25) is 5.15 Å². The first-order valence-electron chi connectivity index (χ1n) is 6.39. The highest BCUT2D eigenvalue weighted by Gasteiger charge is 2.18. The van der Waals surface area contributed by atoms with Crippen molar-refractivity contribution in [2.75, 3.05) is 11.3 Å². The first kappa shape index (κ1) is 15.6. The Hall–Kier alpha value is -1.79. The minimum atomic E-state index is -3.76. The van der Waals surface area contributed by atoms with E-state index >= 15 is 0 Å². The van der Waals surface area contributed by atoms with Gasteiger partial charge in [0.1, 0.15) is 15.8 Å². The van der Waals surface area contributed by atoms with Gasteiger partial charge in [-0.1, -0.05) is 18.5 Å². The number of halogens is 1. The zero-order valence-corrected chi connectivity index (χ0v) is 13.0. The molecule has 0 fully saturated rings. The summed E-state index contributed by atoms with van der Waals surface area (Å²) in [6.45, 7) is 2.64. The lowest BCUT2D eigenvalue weighted by molar-refractivity contribution is 0.317. The second-order valence-electron chi connectivity index (χ2n) is 4.27. The molecule has 0 saturated carbocycles. The number of hydrogen-bond acceptors (Lipinski definition) is 4. The molecule has 0 aliphatic carbocycles. The molecule has 1 aromatic heterocycles. The maximum Gasteiger partial charge on any atom is 0.264 e. The van der Waals surface area contributed by atoms with E-state index in [9.17, 15) is 8.42 Å². The number of rotatable bonds is 6. The van der Waals surface area contributed by atoms with Crippen molar-refractivity contribution in [3.63, 3.8) is 0 Å². The summed E-state index contributed by atoms with van der Waals surface area (Å²) in [6.07, 6.45) is 2.34. The van der Waals surface area contributed by atoms with Crippen molar-refractivity contribution in [2.24, 2.45) is 0 Å². The molecule has 0 unspecified atom stereocenters. The number of ether oxygens (including phenoxy) is 1. The van der Waals surface area contributed by atoms with Crippen LogP contribution in [0.5, 0.6) is 5.75 Å². The molecule has 1 aromatic carbocycles. The second kappa shape index (κ2) is 6.78. The van der Waals surface area contributed by atoms with Crippen LogP contribution in [-0.4, -0.2) is 20.0 Å².